The smallest absolute Gasteiger partial charge is 0.0958 e. The molecule has 2 aromatic rings. The zero-order valence-electron chi connectivity index (χ0n) is 10.1. The summed E-state index contributed by atoms with van der Waals surface area (Å²) >= 11 is 0. The highest BCUT2D eigenvalue weighted by atomic mass is 15.1. The molecule has 1 aromatic heterocycles. The van der Waals surface area contributed by atoms with Gasteiger partial charge >= 0.3 is 0 Å². The van der Waals surface area contributed by atoms with Crippen LogP contribution in [0.2, 0.25) is 0 Å². The molecule has 0 radical (unpaired) electrons. The van der Waals surface area contributed by atoms with Crippen LogP contribution in [-0.4, -0.2) is 16.1 Å². The number of aromatic nitrogens is 2. The van der Waals surface area contributed by atoms with Crippen LogP contribution in [0.1, 0.15) is 17.5 Å². The van der Waals surface area contributed by atoms with Crippen LogP contribution in [-0.2, 0) is 6.54 Å². The molecule has 0 saturated carbocycles. The summed E-state index contributed by atoms with van der Waals surface area (Å²) in [6, 6.07) is 4.26. The zero-order valence-corrected chi connectivity index (χ0v) is 10.1. The van der Waals surface area contributed by atoms with Crippen molar-refractivity contribution in [3.8, 4) is 0 Å². The lowest BCUT2D eigenvalue weighted by molar-refractivity contribution is 0.664. The minimum atomic E-state index is 0.529. The number of rotatable bonds is 4. The van der Waals surface area contributed by atoms with E-state index in [2.05, 4.69) is 45.6 Å². The van der Waals surface area contributed by atoms with Crippen LogP contribution < -0.4 is 0 Å². The maximum Gasteiger partial charge on any atom is 0.0958 e. The largest absolute Gasteiger partial charge is 0.331 e. The van der Waals surface area contributed by atoms with Crippen molar-refractivity contribution in [2.45, 2.75) is 26.8 Å². The molecular weight excluding hydrogens is 214 g/mol. The average Bonchev–Trinajstić information content (AvgIpc) is 2.68. The molecule has 88 valence electrons. The third-order valence-electron chi connectivity index (χ3n) is 2.96. The first kappa shape index (κ1) is 11.5. The van der Waals surface area contributed by atoms with Crippen molar-refractivity contribution in [2.75, 3.05) is 6.54 Å². The van der Waals surface area contributed by atoms with Crippen LogP contribution in [0.4, 0.5) is 0 Å². The summed E-state index contributed by atoms with van der Waals surface area (Å²) in [6.07, 6.45) is 2.68. The quantitative estimate of drug-likeness (QED) is 0.343. The molecule has 1 aromatic carbocycles. The van der Waals surface area contributed by atoms with Crippen molar-refractivity contribution in [1.29, 1.82) is 0 Å². The molecule has 17 heavy (non-hydrogen) atoms. The molecule has 5 nitrogen and oxygen atoms in total. The van der Waals surface area contributed by atoms with E-state index in [1.54, 1.807) is 0 Å². The van der Waals surface area contributed by atoms with Crippen molar-refractivity contribution < 1.29 is 0 Å². The Labute approximate surface area is 99.7 Å². The number of nitrogens with zero attached hydrogens (tertiary/aromatic N) is 5. The minimum absolute atomic E-state index is 0.529. The molecule has 0 spiro atoms. The van der Waals surface area contributed by atoms with Crippen LogP contribution in [0.3, 0.4) is 0 Å². The monoisotopic (exact) mass is 229 g/mol. The van der Waals surface area contributed by atoms with Crippen molar-refractivity contribution in [3.05, 3.63) is 40.0 Å². The fourth-order valence-corrected chi connectivity index (χ4v) is 1.85. The van der Waals surface area contributed by atoms with Gasteiger partial charge in [0, 0.05) is 18.0 Å². The Morgan fingerprint density at radius 3 is 2.88 bits per heavy atom. The molecule has 0 aliphatic rings. The Hall–Kier alpha value is -2.00. The number of azide groups is 1. The van der Waals surface area contributed by atoms with Crippen LogP contribution in [0, 0.1) is 13.8 Å². The predicted octanol–water partition coefficient (Wildman–Crippen LogP) is 3.35. The third-order valence-corrected chi connectivity index (χ3v) is 2.96. The number of fused-ring (bicyclic) bond motifs is 1. The third kappa shape index (κ3) is 2.40. The lowest BCUT2D eigenvalue weighted by Crippen LogP contribution is -1.97. The van der Waals surface area contributed by atoms with E-state index >= 15 is 0 Å². The van der Waals surface area contributed by atoms with Gasteiger partial charge in [-0.1, -0.05) is 5.11 Å². The van der Waals surface area contributed by atoms with Crippen LogP contribution in [0.15, 0.2) is 23.6 Å². The average molecular weight is 229 g/mol. The predicted molar refractivity (Wildman–Crippen MR) is 67.8 cm³/mol. The van der Waals surface area contributed by atoms with E-state index < -0.39 is 0 Å². The number of aryl methyl sites for hydroxylation is 3. The van der Waals surface area contributed by atoms with Gasteiger partial charge in [-0.2, -0.15) is 0 Å². The maximum absolute atomic E-state index is 8.20. The number of hydrogen-bond acceptors (Lipinski definition) is 2. The highest BCUT2D eigenvalue weighted by molar-refractivity contribution is 5.77. The molecule has 0 atom stereocenters. The molecule has 0 aliphatic carbocycles. The van der Waals surface area contributed by atoms with Gasteiger partial charge in [0.15, 0.2) is 0 Å². The Morgan fingerprint density at radius 1 is 1.35 bits per heavy atom. The van der Waals surface area contributed by atoms with Gasteiger partial charge < -0.3 is 4.57 Å². The van der Waals surface area contributed by atoms with E-state index in [1.807, 2.05) is 6.33 Å². The van der Waals surface area contributed by atoms with Crippen LogP contribution >= 0.6 is 0 Å². The first-order valence-corrected chi connectivity index (χ1v) is 5.65. The summed E-state index contributed by atoms with van der Waals surface area (Å²) in [5.74, 6) is 0. The van der Waals surface area contributed by atoms with Crippen molar-refractivity contribution in [1.82, 2.24) is 9.55 Å². The molecule has 0 amide bonds. The molecule has 0 saturated heterocycles. The maximum atomic E-state index is 8.20. The highest BCUT2D eigenvalue weighted by Gasteiger charge is 2.04. The van der Waals surface area contributed by atoms with Gasteiger partial charge in [0.1, 0.15) is 0 Å². The summed E-state index contributed by atoms with van der Waals surface area (Å²) in [7, 11) is 0. The Balaban J connectivity index is 2.23. The minimum Gasteiger partial charge on any atom is -0.331 e. The van der Waals surface area contributed by atoms with E-state index in [-0.39, 0.29) is 0 Å². The van der Waals surface area contributed by atoms with Crippen molar-refractivity contribution in [3.63, 3.8) is 0 Å². The molecule has 5 heteroatoms. The first-order chi connectivity index (χ1) is 8.22. The number of hydrogen-bond donors (Lipinski definition) is 0. The Kier molecular flexibility index (Phi) is 3.30. The topological polar surface area (TPSA) is 66.6 Å². The Bertz CT molecular complexity index is 578. The van der Waals surface area contributed by atoms with Gasteiger partial charge in [0.25, 0.3) is 0 Å². The molecule has 0 N–H and O–H groups in total. The summed E-state index contributed by atoms with van der Waals surface area (Å²) in [4.78, 5) is 7.12. The van der Waals surface area contributed by atoms with Crippen molar-refractivity contribution >= 4 is 11.0 Å². The van der Waals surface area contributed by atoms with E-state index in [0.29, 0.717) is 6.54 Å². The van der Waals surface area contributed by atoms with Gasteiger partial charge in [0.05, 0.1) is 17.4 Å². The van der Waals surface area contributed by atoms with E-state index in [0.717, 1.165) is 24.0 Å². The lowest BCUT2D eigenvalue weighted by Gasteiger charge is -2.04. The fraction of sp³-hybridized carbons (Fsp3) is 0.417. The van der Waals surface area contributed by atoms with Gasteiger partial charge in [-0.3, -0.25) is 0 Å². The van der Waals surface area contributed by atoms with Crippen molar-refractivity contribution in [2.24, 2.45) is 5.11 Å². The summed E-state index contributed by atoms with van der Waals surface area (Å²) in [5.41, 5.74) is 12.9. The van der Waals surface area contributed by atoms with E-state index in [9.17, 15) is 0 Å². The first-order valence-electron chi connectivity index (χ1n) is 5.65. The molecule has 0 fully saturated rings. The zero-order chi connectivity index (χ0) is 12.3. The normalized spacial score (nSPS) is 10.5. The SMILES string of the molecule is Cc1cc2ncn(CCCN=[N+]=[N-])c2cc1C. The molecular formula is C12H15N5. The van der Waals surface area contributed by atoms with Crippen LogP contribution in [0.5, 0.6) is 0 Å². The summed E-state index contributed by atoms with van der Waals surface area (Å²) in [5, 5.41) is 3.53. The fourth-order valence-electron chi connectivity index (χ4n) is 1.85. The second kappa shape index (κ2) is 4.89. The van der Waals surface area contributed by atoms with Gasteiger partial charge in [0.2, 0.25) is 0 Å². The molecule has 2 rings (SSSR count). The molecule has 0 aliphatic heterocycles. The molecule has 1 heterocycles. The van der Waals surface area contributed by atoms with Gasteiger partial charge in [-0.25, -0.2) is 4.98 Å². The highest BCUT2D eigenvalue weighted by Crippen LogP contribution is 2.18. The second-order valence-electron chi connectivity index (χ2n) is 4.17. The van der Waals surface area contributed by atoms with E-state index in [4.69, 9.17) is 5.53 Å². The van der Waals surface area contributed by atoms with Gasteiger partial charge in [-0.15, -0.1) is 0 Å². The van der Waals surface area contributed by atoms with E-state index in [1.165, 1.54) is 11.1 Å². The number of imidazole rings is 1. The lowest BCUT2D eigenvalue weighted by atomic mass is 10.1. The second-order valence-corrected chi connectivity index (χ2v) is 4.17. The van der Waals surface area contributed by atoms with Crippen LogP contribution in [0.25, 0.3) is 21.5 Å². The molecule has 0 unspecified atom stereocenters. The summed E-state index contributed by atoms with van der Waals surface area (Å²) < 4.78 is 2.11. The standard InChI is InChI=1S/C12H15N5/c1-9-6-11-12(7-10(9)2)17(8-14-11)5-3-4-15-16-13/h6-8H,3-5H2,1-2H3. The molecule has 0 bridgehead atoms. The number of benzene rings is 1. The summed E-state index contributed by atoms with van der Waals surface area (Å²) in [6.45, 7) is 5.56. The van der Waals surface area contributed by atoms with Gasteiger partial charge in [-0.05, 0) is 49.1 Å². The Morgan fingerprint density at radius 2 is 2.12 bits per heavy atom.